The molecule has 16 heavy (non-hydrogen) atoms. The third kappa shape index (κ3) is 7.43. The van der Waals surface area contributed by atoms with Crippen molar-refractivity contribution >= 4 is 109 Å². The summed E-state index contributed by atoms with van der Waals surface area (Å²) in [6, 6.07) is 11.6. The summed E-state index contributed by atoms with van der Waals surface area (Å²) >= 11 is 0. The van der Waals surface area contributed by atoms with Crippen LogP contribution in [0.1, 0.15) is 0 Å². The minimum atomic E-state index is 0. The molecule has 0 aliphatic rings. The summed E-state index contributed by atoms with van der Waals surface area (Å²) in [6.07, 6.45) is 3.54. The van der Waals surface area contributed by atoms with Crippen LogP contribution in [-0.2, 0) is 0 Å². The standard InChI is InChI=1S/C10H8N2.4Pb/c1-3-7-11-9(5-1)10-6-2-4-8-12-10;;;;/h1-8H;;;;. The Kier molecular flexibility index (Phi) is 19.4. The molecule has 2 nitrogen and oxygen atoms in total. The van der Waals surface area contributed by atoms with Crippen molar-refractivity contribution in [2.75, 3.05) is 0 Å². The molecule has 2 heterocycles. The van der Waals surface area contributed by atoms with Gasteiger partial charge in [0.25, 0.3) is 0 Å². The molecule has 0 aliphatic carbocycles. The van der Waals surface area contributed by atoms with E-state index in [1.54, 1.807) is 12.4 Å². The van der Waals surface area contributed by atoms with Gasteiger partial charge in [0.1, 0.15) is 0 Å². The fourth-order valence-corrected chi connectivity index (χ4v) is 1.03. The van der Waals surface area contributed by atoms with Crippen molar-refractivity contribution in [2.24, 2.45) is 0 Å². The summed E-state index contributed by atoms with van der Waals surface area (Å²) in [5.74, 6) is 0. The summed E-state index contributed by atoms with van der Waals surface area (Å²) in [6.45, 7) is 0. The normalized spacial score (nSPS) is 7.25. The van der Waals surface area contributed by atoms with Gasteiger partial charge in [-0.3, -0.25) is 9.97 Å². The zero-order valence-corrected chi connectivity index (χ0v) is 24.1. The predicted octanol–water partition coefficient (Wildman–Crippen LogP) is 0.620. The van der Waals surface area contributed by atoms with Gasteiger partial charge in [0.2, 0.25) is 0 Å². The summed E-state index contributed by atoms with van der Waals surface area (Å²) in [7, 11) is 0. The monoisotopic (exact) mass is 988 g/mol. The van der Waals surface area contributed by atoms with Gasteiger partial charge >= 0.3 is 0 Å². The molecule has 0 amide bonds. The maximum atomic E-state index is 4.19. The molecule has 0 fully saturated rings. The van der Waals surface area contributed by atoms with Crippen molar-refractivity contribution in [3.8, 4) is 11.4 Å². The number of nitrogens with zero attached hydrogens (tertiary/aromatic N) is 2. The second-order valence-electron chi connectivity index (χ2n) is 2.43. The molecule has 0 spiro atoms. The first-order chi connectivity index (χ1) is 5.97. The van der Waals surface area contributed by atoms with E-state index < -0.39 is 0 Å². The molecule has 0 aromatic carbocycles. The first-order valence-electron chi connectivity index (χ1n) is 3.79. The van der Waals surface area contributed by atoms with Crippen LogP contribution in [0.15, 0.2) is 48.8 Å². The Bertz CT molecular complexity index is 318. The van der Waals surface area contributed by atoms with Crippen LogP contribution >= 0.6 is 0 Å². The van der Waals surface area contributed by atoms with E-state index in [0.29, 0.717) is 0 Å². The van der Waals surface area contributed by atoms with Crippen molar-refractivity contribution in [1.29, 1.82) is 0 Å². The summed E-state index contributed by atoms with van der Waals surface area (Å²) in [5, 5.41) is 0. The van der Waals surface area contributed by atoms with Crippen LogP contribution in [-0.4, -0.2) is 119 Å². The third-order valence-electron chi connectivity index (χ3n) is 1.59. The van der Waals surface area contributed by atoms with Crippen LogP contribution in [0.3, 0.4) is 0 Å². The quantitative estimate of drug-likeness (QED) is 0.393. The Morgan fingerprint density at radius 3 is 1.19 bits per heavy atom. The van der Waals surface area contributed by atoms with E-state index in [4.69, 9.17) is 0 Å². The van der Waals surface area contributed by atoms with E-state index in [1.807, 2.05) is 36.4 Å². The van der Waals surface area contributed by atoms with Gasteiger partial charge in [-0.2, -0.15) is 0 Å². The molecule has 0 bridgehead atoms. The zero-order chi connectivity index (χ0) is 8.23. The molecule has 0 unspecified atom stereocenters. The number of aromatic nitrogens is 2. The Morgan fingerprint density at radius 2 is 0.938 bits per heavy atom. The Hall–Kier alpha value is 1.99. The Labute approximate surface area is 176 Å². The first kappa shape index (κ1) is 23.1. The summed E-state index contributed by atoms with van der Waals surface area (Å²) < 4.78 is 0. The molecular weight excluding hydrogens is 977 g/mol. The zero-order valence-electron chi connectivity index (χ0n) is 8.51. The van der Waals surface area contributed by atoms with E-state index in [-0.39, 0.29) is 109 Å². The van der Waals surface area contributed by atoms with Crippen molar-refractivity contribution in [1.82, 2.24) is 9.97 Å². The van der Waals surface area contributed by atoms with E-state index in [1.165, 1.54) is 0 Å². The second kappa shape index (κ2) is 13.4. The largest absolute Gasteiger partial charge is 0.255 e. The molecule has 6 heteroatoms. The van der Waals surface area contributed by atoms with Gasteiger partial charge in [-0.1, -0.05) is 12.1 Å². The van der Waals surface area contributed by atoms with Crippen molar-refractivity contribution < 1.29 is 0 Å². The molecule has 0 saturated carbocycles. The van der Waals surface area contributed by atoms with Gasteiger partial charge in [0.05, 0.1) is 11.4 Å². The molecule has 0 N–H and O–H groups in total. The first-order valence-corrected chi connectivity index (χ1v) is 3.79. The van der Waals surface area contributed by atoms with E-state index >= 15 is 0 Å². The van der Waals surface area contributed by atoms with Crippen LogP contribution in [0.4, 0.5) is 0 Å². The summed E-state index contributed by atoms with van der Waals surface area (Å²) in [5.41, 5.74) is 1.83. The molecular formula is C10H8N2Pb4. The molecule has 2 rings (SSSR count). The summed E-state index contributed by atoms with van der Waals surface area (Å²) in [4.78, 5) is 8.37. The molecule has 0 aliphatic heterocycles. The topological polar surface area (TPSA) is 25.8 Å². The van der Waals surface area contributed by atoms with E-state index in [0.717, 1.165) is 11.4 Å². The fraction of sp³-hybridized carbons (Fsp3) is 0. The molecule has 74 valence electrons. The van der Waals surface area contributed by atoms with Crippen LogP contribution in [0.2, 0.25) is 0 Å². The molecule has 2 aromatic heterocycles. The number of hydrogen-bond acceptors (Lipinski definition) is 2. The van der Waals surface area contributed by atoms with Crippen molar-refractivity contribution in [2.45, 2.75) is 0 Å². The van der Waals surface area contributed by atoms with E-state index in [2.05, 4.69) is 9.97 Å². The minimum absolute atomic E-state index is 0. The second-order valence-corrected chi connectivity index (χ2v) is 2.43. The average Bonchev–Trinajstić information content (AvgIpc) is 2.21. The average molecular weight is 985 g/mol. The minimum Gasteiger partial charge on any atom is -0.255 e. The SMILES string of the molecule is [Pb].[Pb].[Pb].[Pb].c1ccc(-c2ccccn2)nc1. The van der Waals surface area contributed by atoms with Gasteiger partial charge in [-0.05, 0) is 24.3 Å². The molecule has 0 atom stereocenters. The number of hydrogen-bond donors (Lipinski definition) is 0. The predicted molar refractivity (Wildman–Crippen MR) is 70.5 cm³/mol. The van der Waals surface area contributed by atoms with Crippen LogP contribution in [0, 0.1) is 0 Å². The van der Waals surface area contributed by atoms with Crippen LogP contribution < -0.4 is 0 Å². The van der Waals surface area contributed by atoms with E-state index in [9.17, 15) is 0 Å². The Morgan fingerprint density at radius 1 is 0.562 bits per heavy atom. The molecule has 2 aromatic rings. The van der Waals surface area contributed by atoms with Gasteiger partial charge in [0, 0.05) is 122 Å². The van der Waals surface area contributed by atoms with Crippen LogP contribution in [0.25, 0.3) is 11.4 Å². The van der Waals surface area contributed by atoms with Gasteiger partial charge in [-0.25, -0.2) is 0 Å². The fourth-order valence-electron chi connectivity index (χ4n) is 1.03. The smallest absolute Gasteiger partial charge is 0.0886 e. The molecule has 0 saturated heterocycles. The van der Waals surface area contributed by atoms with Gasteiger partial charge in [0.15, 0.2) is 0 Å². The van der Waals surface area contributed by atoms with Crippen LogP contribution in [0.5, 0.6) is 0 Å². The Balaban J connectivity index is -0.000000422. The maximum Gasteiger partial charge on any atom is 0.0886 e. The van der Waals surface area contributed by atoms with Gasteiger partial charge < -0.3 is 0 Å². The van der Waals surface area contributed by atoms with Crippen molar-refractivity contribution in [3.63, 3.8) is 0 Å². The van der Waals surface area contributed by atoms with Crippen molar-refractivity contribution in [3.05, 3.63) is 48.8 Å². The van der Waals surface area contributed by atoms with Gasteiger partial charge in [-0.15, -0.1) is 0 Å². The number of rotatable bonds is 1. The number of pyridine rings is 2. The maximum absolute atomic E-state index is 4.19. The third-order valence-corrected chi connectivity index (χ3v) is 1.59. The molecule has 16 radical (unpaired) electrons.